The topological polar surface area (TPSA) is 93.2 Å². The summed E-state index contributed by atoms with van der Waals surface area (Å²) in [5.74, 6) is 0.632. The zero-order valence-corrected chi connectivity index (χ0v) is 18.9. The number of furan rings is 1. The number of carboxylic acids is 1. The molecule has 7 heteroatoms. The number of benzene rings is 1. The first-order chi connectivity index (χ1) is 16.0. The number of fused-ring (bicyclic) bond motifs is 1. The highest BCUT2D eigenvalue weighted by molar-refractivity contribution is 5.79. The standard InChI is InChI=1S/C26H28N4O3/c1-16-14-17(2)27-25-23(16)29-24(22-4-3-13-33-22)30(25)15-18-5-9-20(10-6-18)28-21-11-7-19(8-12-21)26(31)32/h3-6,9-10,13-14,19,21,28H,7-8,11-12,15H2,1-2H3,(H,31,32)/t19-,21-. The van der Waals surface area contributed by atoms with Crippen LogP contribution < -0.4 is 5.32 Å². The van der Waals surface area contributed by atoms with Crippen LogP contribution >= 0.6 is 0 Å². The molecular weight excluding hydrogens is 416 g/mol. The highest BCUT2D eigenvalue weighted by atomic mass is 16.4. The van der Waals surface area contributed by atoms with Crippen LogP contribution in [0.15, 0.2) is 53.1 Å². The molecule has 0 radical (unpaired) electrons. The van der Waals surface area contributed by atoms with Gasteiger partial charge in [-0.15, -0.1) is 0 Å². The third kappa shape index (κ3) is 4.35. The number of hydrogen-bond acceptors (Lipinski definition) is 5. The second kappa shape index (κ2) is 8.73. The van der Waals surface area contributed by atoms with E-state index >= 15 is 0 Å². The Morgan fingerprint density at radius 3 is 2.55 bits per heavy atom. The summed E-state index contributed by atoms with van der Waals surface area (Å²) in [4.78, 5) is 20.8. The van der Waals surface area contributed by atoms with Crippen molar-refractivity contribution in [3.63, 3.8) is 0 Å². The molecule has 33 heavy (non-hydrogen) atoms. The molecule has 0 amide bonds. The van der Waals surface area contributed by atoms with Crippen LogP contribution in [0.4, 0.5) is 5.69 Å². The van der Waals surface area contributed by atoms with Crippen molar-refractivity contribution in [2.75, 3.05) is 5.32 Å². The minimum atomic E-state index is -0.668. The summed E-state index contributed by atoms with van der Waals surface area (Å²) in [6, 6.07) is 14.6. The molecule has 5 rings (SSSR count). The Kier molecular flexibility index (Phi) is 5.62. The molecule has 3 heterocycles. The smallest absolute Gasteiger partial charge is 0.306 e. The summed E-state index contributed by atoms with van der Waals surface area (Å²) in [5.41, 5.74) is 6.01. The predicted octanol–water partition coefficient (Wildman–Crippen LogP) is 5.41. The van der Waals surface area contributed by atoms with E-state index in [0.717, 1.165) is 70.9 Å². The van der Waals surface area contributed by atoms with Gasteiger partial charge in [0.2, 0.25) is 0 Å². The van der Waals surface area contributed by atoms with Gasteiger partial charge in [-0.3, -0.25) is 4.79 Å². The Hall–Kier alpha value is -3.61. The molecule has 1 fully saturated rings. The molecule has 170 valence electrons. The summed E-state index contributed by atoms with van der Waals surface area (Å²) in [6.07, 6.45) is 4.91. The van der Waals surface area contributed by atoms with E-state index in [4.69, 9.17) is 14.4 Å². The van der Waals surface area contributed by atoms with Gasteiger partial charge in [0.25, 0.3) is 0 Å². The molecule has 3 aromatic heterocycles. The molecule has 0 aliphatic heterocycles. The van der Waals surface area contributed by atoms with Gasteiger partial charge in [-0.1, -0.05) is 12.1 Å². The number of anilines is 1. The number of imidazole rings is 1. The summed E-state index contributed by atoms with van der Waals surface area (Å²) in [6.45, 7) is 4.69. The van der Waals surface area contributed by atoms with Crippen LogP contribution in [0.3, 0.4) is 0 Å². The molecule has 0 atom stereocenters. The third-order valence-electron chi connectivity index (χ3n) is 6.51. The van der Waals surface area contributed by atoms with E-state index in [-0.39, 0.29) is 5.92 Å². The second-order valence-corrected chi connectivity index (χ2v) is 8.98. The second-order valence-electron chi connectivity index (χ2n) is 8.98. The summed E-state index contributed by atoms with van der Waals surface area (Å²) < 4.78 is 7.78. The van der Waals surface area contributed by atoms with Crippen molar-refractivity contribution in [3.8, 4) is 11.6 Å². The lowest BCUT2D eigenvalue weighted by molar-refractivity contribution is -0.142. The van der Waals surface area contributed by atoms with Crippen molar-refractivity contribution in [3.05, 3.63) is 65.5 Å². The van der Waals surface area contributed by atoms with E-state index in [1.54, 1.807) is 6.26 Å². The lowest BCUT2D eigenvalue weighted by atomic mass is 9.86. The fraction of sp³-hybridized carbons (Fsp3) is 0.346. The van der Waals surface area contributed by atoms with E-state index in [0.29, 0.717) is 12.6 Å². The number of aryl methyl sites for hydroxylation is 2. The monoisotopic (exact) mass is 444 g/mol. The molecule has 1 aliphatic rings. The first kappa shape index (κ1) is 21.2. The first-order valence-electron chi connectivity index (χ1n) is 11.4. The summed E-state index contributed by atoms with van der Waals surface area (Å²) >= 11 is 0. The average molecular weight is 445 g/mol. The number of carboxylic acid groups (broad SMARTS) is 1. The molecular formula is C26H28N4O3. The van der Waals surface area contributed by atoms with Crippen LogP contribution in [-0.4, -0.2) is 31.7 Å². The fourth-order valence-corrected chi connectivity index (χ4v) is 4.76. The number of rotatable bonds is 6. The van der Waals surface area contributed by atoms with E-state index < -0.39 is 5.97 Å². The van der Waals surface area contributed by atoms with Crippen LogP contribution in [0, 0.1) is 19.8 Å². The van der Waals surface area contributed by atoms with Gasteiger partial charge < -0.3 is 19.4 Å². The highest BCUT2D eigenvalue weighted by Gasteiger charge is 2.25. The van der Waals surface area contributed by atoms with Gasteiger partial charge in [0.1, 0.15) is 5.52 Å². The van der Waals surface area contributed by atoms with E-state index in [1.807, 2.05) is 19.1 Å². The third-order valence-corrected chi connectivity index (χ3v) is 6.51. The number of hydrogen-bond donors (Lipinski definition) is 2. The van der Waals surface area contributed by atoms with Crippen LogP contribution in [0.5, 0.6) is 0 Å². The number of nitrogens with zero attached hydrogens (tertiary/aromatic N) is 3. The average Bonchev–Trinajstić information content (AvgIpc) is 3.44. The van der Waals surface area contributed by atoms with Crippen molar-refractivity contribution in [2.45, 2.75) is 52.1 Å². The Labute approximate surface area is 192 Å². The lowest BCUT2D eigenvalue weighted by Crippen LogP contribution is -2.29. The van der Waals surface area contributed by atoms with Gasteiger partial charge in [0.05, 0.1) is 18.7 Å². The van der Waals surface area contributed by atoms with Crippen molar-refractivity contribution in [2.24, 2.45) is 5.92 Å². The Morgan fingerprint density at radius 2 is 1.88 bits per heavy atom. The van der Waals surface area contributed by atoms with Crippen LogP contribution in [0.25, 0.3) is 22.7 Å². The zero-order chi connectivity index (χ0) is 22.9. The number of nitrogens with one attached hydrogen (secondary N) is 1. The summed E-state index contributed by atoms with van der Waals surface area (Å²) in [5, 5.41) is 12.8. The van der Waals surface area contributed by atoms with Crippen molar-refractivity contribution in [1.82, 2.24) is 14.5 Å². The maximum atomic E-state index is 11.2. The quantitative estimate of drug-likeness (QED) is 0.413. The molecule has 1 aromatic carbocycles. The van der Waals surface area contributed by atoms with Crippen molar-refractivity contribution >= 4 is 22.8 Å². The molecule has 4 aromatic rings. The Balaban J connectivity index is 1.37. The molecule has 7 nitrogen and oxygen atoms in total. The lowest BCUT2D eigenvalue weighted by Gasteiger charge is -2.27. The van der Waals surface area contributed by atoms with Crippen LogP contribution in [0.1, 0.15) is 42.5 Å². The number of carbonyl (C=O) groups is 1. The van der Waals surface area contributed by atoms with E-state index in [2.05, 4.69) is 47.1 Å². The predicted molar refractivity (Wildman–Crippen MR) is 127 cm³/mol. The maximum Gasteiger partial charge on any atom is 0.306 e. The van der Waals surface area contributed by atoms with Crippen molar-refractivity contribution in [1.29, 1.82) is 0 Å². The van der Waals surface area contributed by atoms with Crippen LogP contribution in [0.2, 0.25) is 0 Å². The molecule has 1 saturated carbocycles. The molecule has 0 bridgehead atoms. The largest absolute Gasteiger partial charge is 0.481 e. The first-order valence-corrected chi connectivity index (χ1v) is 11.4. The minimum absolute atomic E-state index is 0.195. The van der Waals surface area contributed by atoms with E-state index in [9.17, 15) is 9.90 Å². The molecule has 2 N–H and O–H groups in total. The Morgan fingerprint density at radius 1 is 1.12 bits per heavy atom. The molecule has 0 saturated heterocycles. The molecule has 1 aliphatic carbocycles. The number of aliphatic carboxylic acids is 1. The van der Waals surface area contributed by atoms with E-state index in [1.165, 1.54) is 0 Å². The SMILES string of the molecule is Cc1cc(C)c2nc(-c3ccco3)n(Cc3ccc(N[C@H]4CC[C@H](C(=O)O)CC4)cc3)c2n1. The minimum Gasteiger partial charge on any atom is -0.481 e. The van der Waals surface area contributed by atoms with Gasteiger partial charge in [0.15, 0.2) is 17.2 Å². The molecule has 0 spiro atoms. The maximum absolute atomic E-state index is 11.2. The number of pyridine rings is 1. The van der Waals surface area contributed by atoms with Gasteiger partial charge in [-0.2, -0.15) is 0 Å². The van der Waals surface area contributed by atoms with Gasteiger partial charge in [-0.25, -0.2) is 9.97 Å². The number of aromatic nitrogens is 3. The Bertz CT molecular complexity index is 1270. The van der Waals surface area contributed by atoms with Crippen LogP contribution in [-0.2, 0) is 11.3 Å². The van der Waals surface area contributed by atoms with Crippen molar-refractivity contribution < 1.29 is 14.3 Å². The zero-order valence-electron chi connectivity index (χ0n) is 18.9. The molecule has 0 unspecified atom stereocenters. The normalized spacial score (nSPS) is 18.5. The van der Waals surface area contributed by atoms with Gasteiger partial charge in [-0.05, 0) is 81.0 Å². The van der Waals surface area contributed by atoms with Gasteiger partial charge in [0, 0.05) is 17.4 Å². The fourth-order valence-electron chi connectivity index (χ4n) is 4.76. The highest BCUT2D eigenvalue weighted by Crippen LogP contribution is 2.29. The van der Waals surface area contributed by atoms with Gasteiger partial charge >= 0.3 is 5.97 Å². The summed E-state index contributed by atoms with van der Waals surface area (Å²) in [7, 11) is 0.